The van der Waals surface area contributed by atoms with Crippen molar-refractivity contribution in [3.63, 3.8) is 0 Å². The molecule has 0 bridgehead atoms. The van der Waals surface area contributed by atoms with Crippen molar-refractivity contribution >= 4 is 15.8 Å². The lowest BCUT2D eigenvalue weighted by molar-refractivity contribution is 0.584. The molecule has 0 amide bonds. The lowest BCUT2D eigenvalue weighted by atomic mass is 10.2. The lowest BCUT2D eigenvalue weighted by Gasteiger charge is -2.10. The Bertz CT molecular complexity index is 514. The van der Waals surface area contributed by atoms with Crippen molar-refractivity contribution in [2.45, 2.75) is 33.6 Å². The maximum absolute atomic E-state index is 11.5. The van der Waals surface area contributed by atoms with E-state index in [9.17, 15) is 8.42 Å². The van der Waals surface area contributed by atoms with Crippen LogP contribution < -0.4 is 10.0 Å². The van der Waals surface area contributed by atoms with Gasteiger partial charge in [0.2, 0.25) is 10.0 Å². The molecule has 6 nitrogen and oxygen atoms in total. The number of sulfonamides is 1. The van der Waals surface area contributed by atoms with Gasteiger partial charge in [-0.1, -0.05) is 20.8 Å². The first-order valence-corrected chi connectivity index (χ1v) is 8.06. The van der Waals surface area contributed by atoms with Crippen LogP contribution in [0.1, 0.15) is 38.2 Å². The summed E-state index contributed by atoms with van der Waals surface area (Å²) in [6.45, 7) is 8.43. The number of aryl methyl sites for hydroxylation is 1. The molecule has 0 aliphatic rings. The molecule has 0 saturated carbocycles. The van der Waals surface area contributed by atoms with Gasteiger partial charge in [0.15, 0.2) is 0 Å². The van der Waals surface area contributed by atoms with E-state index in [0.29, 0.717) is 18.9 Å². The zero-order valence-electron chi connectivity index (χ0n) is 11.9. The van der Waals surface area contributed by atoms with E-state index >= 15 is 0 Å². The van der Waals surface area contributed by atoms with Gasteiger partial charge in [0.05, 0.1) is 5.75 Å². The van der Waals surface area contributed by atoms with Crippen molar-refractivity contribution in [1.82, 2.24) is 14.7 Å². The van der Waals surface area contributed by atoms with Gasteiger partial charge in [0, 0.05) is 30.8 Å². The second-order valence-corrected chi connectivity index (χ2v) is 6.58. The number of hydrogen-bond acceptors (Lipinski definition) is 5. The zero-order valence-corrected chi connectivity index (χ0v) is 12.7. The first kappa shape index (κ1) is 15.8. The molecule has 0 aliphatic carbocycles. The van der Waals surface area contributed by atoms with Crippen molar-refractivity contribution in [3.8, 4) is 0 Å². The Hall–Kier alpha value is -1.21. The molecule has 0 aliphatic heterocycles. The number of rotatable bonds is 7. The SMILES string of the molecule is CCNS(=O)(=O)CCNc1cc(C)nc(C(C)C)n1. The molecule has 0 fully saturated rings. The molecule has 1 aromatic heterocycles. The average molecular weight is 286 g/mol. The molecule has 0 unspecified atom stereocenters. The van der Waals surface area contributed by atoms with E-state index in [1.54, 1.807) is 6.92 Å². The van der Waals surface area contributed by atoms with Crippen molar-refractivity contribution in [3.05, 3.63) is 17.6 Å². The highest BCUT2D eigenvalue weighted by Gasteiger charge is 2.09. The average Bonchev–Trinajstić information content (AvgIpc) is 2.27. The van der Waals surface area contributed by atoms with Crippen LogP contribution >= 0.6 is 0 Å². The molecule has 0 atom stereocenters. The highest BCUT2D eigenvalue weighted by atomic mass is 32.2. The summed E-state index contributed by atoms with van der Waals surface area (Å²) < 4.78 is 25.4. The predicted octanol–water partition coefficient (Wildman–Crippen LogP) is 1.26. The van der Waals surface area contributed by atoms with Gasteiger partial charge < -0.3 is 5.32 Å². The van der Waals surface area contributed by atoms with Crippen LogP contribution in [0.15, 0.2) is 6.07 Å². The molecule has 1 aromatic rings. The van der Waals surface area contributed by atoms with Crippen LogP contribution in [0.3, 0.4) is 0 Å². The summed E-state index contributed by atoms with van der Waals surface area (Å²) in [5.74, 6) is 1.70. The molecule has 2 N–H and O–H groups in total. The minimum absolute atomic E-state index is 0.0287. The van der Waals surface area contributed by atoms with Crippen molar-refractivity contribution < 1.29 is 8.42 Å². The van der Waals surface area contributed by atoms with Crippen LogP contribution in [-0.2, 0) is 10.0 Å². The summed E-state index contributed by atoms with van der Waals surface area (Å²) in [5.41, 5.74) is 0.871. The quantitative estimate of drug-likeness (QED) is 0.788. The molecular weight excluding hydrogens is 264 g/mol. The number of anilines is 1. The number of nitrogens with zero attached hydrogens (tertiary/aromatic N) is 2. The lowest BCUT2D eigenvalue weighted by Crippen LogP contribution is -2.29. The predicted molar refractivity (Wildman–Crippen MR) is 76.8 cm³/mol. The first-order valence-electron chi connectivity index (χ1n) is 6.41. The Morgan fingerprint density at radius 3 is 2.58 bits per heavy atom. The third-order valence-corrected chi connectivity index (χ3v) is 3.90. The summed E-state index contributed by atoms with van der Waals surface area (Å²) in [6, 6.07) is 1.81. The van der Waals surface area contributed by atoms with Gasteiger partial charge in [0.25, 0.3) is 0 Å². The summed E-state index contributed by atoms with van der Waals surface area (Å²) in [6.07, 6.45) is 0. The van der Waals surface area contributed by atoms with Crippen molar-refractivity contribution in [1.29, 1.82) is 0 Å². The van der Waals surface area contributed by atoms with E-state index in [1.807, 2.05) is 26.8 Å². The minimum Gasteiger partial charge on any atom is -0.369 e. The molecule has 0 spiro atoms. The van der Waals surface area contributed by atoms with Crippen LogP contribution in [0.4, 0.5) is 5.82 Å². The van der Waals surface area contributed by atoms with Gasteiger partial charge in [0.1, 0.15) is 11.6 Å². The van der Waals surface area contributed by atoms with Crippen LogP contribution in [0.5, 0.6) is 0 Å². The standard InChI is InChI=1S/C12H22N4O2S/c1-5-14-19(17,18)7-6-13-11-8-10(4)15-12(16-11)9(2)3/h8-9,14H,5-7H2,1-4H3,(H,13,15,16). The van der Waals surface area contributed by atoms with Gasteiger partial charge in [-0.25, -0.2) is 23.1 Å². The van der Waals surface area contributed by atoms with Crippen LogP contribution in [0, 0.1) is 6.92 Å². The third-order valence-electron chi connectivity index (χ3n) is 2.43. The maximum Gasteiger partial charge on any atom is 0.213 e. The Kier molecular flexibility index (Phi) is 5.68. The Morgan fingerprint density at radius 2 is 2.00 bits per heavy atom. The Balaban J connectivity index is 2.63. The van der Waals surface area contributed by atoms with Crippen LogP contribution in [-0.4, -0.2) is 37.2 Å². The third kappa shape index (κ3) is 5.52. The molecule has 1 rings (SSSR count). The fraction of sp³-hybridized carbons (Fsp3) is 0.667. The molecule has 19 heavy (non-hydrogen) atoms. The summed E-state index contributed by atoms with van der Waals surface area (Å²) in [4.78, 5) is 8.70. The molecule has 0 radical (unpaired) electrons. The molecule has 0 aromatic carbocycles. The molecule has 1 heterocycles. The van der Waals surface area contributed by atoms with E-state index in [4.69, 9.17) is 0 Å². The molecule has 108 valence electrons. The zero-order chi connectivity index (χ0) is 14.5. The molecule has 7 heteroatoms. The van der Waals surface area contributed by atoms with Gasteiger partial charge in [-0.05, 0) is 6.92 Å². The summed E-state index contributed by atoms with van der Waals surface area (Å²) in [7, 11) is -3.19. The van der Waals surface area contributed by atoms with E-state index in [1.165, 1.54) is 0 Å². The second kappa shape index (κ2) is 6.81. The van der Waals surface area contributed by atoms with E-state index in [0.717, 1.165) is 11.5 Å². The molecular formula is C12H22N4O2S. The highest BCUT2D eigenvalue weighted by Crippen LogP contribution is 2.13. The topological polar surface area (TPSA) is 84.0 Å². The second-order valence-electron chi connectivity index (χ2n) is 4.65. The van der Waals surface area contributed by atoms with E-state index in [2.05, 4.69) is 20.0 Å². The van der Waals surface area contributed by atoms with Crippen molar-refractivity contribution in [2.75, 3.05) is 24.2 Å². The largest absolute Gasteiger partial charge is 0.369 e. The Labute approximate surface area is 115 Å². The van der Waals surface area contributed by atoms with Crippen LogP contribution in [0.25, 0.3) is 0 Å². The fourth-order valence-electron chi connectivity index (χ4n) is 1.55. The number of nitrogens with one attached hydrogen (secondary N) is 2. The maximum atomic E-state index is 11.5. The molecule has 0 saturated heterocycles. The summed E-state index contributed by atoms with van der Waals surface area (Å²) >= 11 is 0. The number of aromatic nitrogens is 2. The normalized spacial score (nSPS) is 11.8. The van der Waals surface area contributed by atoms with Gasteiger partial charge in [-0.15, -0.1) is 0 Å². The summed E-state index contributed by atoms with van der Waals surface area (Å²) in [5, 5.41) is 3.02. The van der Waals surface area contributed by atoms with Crippen molar-refractivity contribution in [2.24, 2.45) is 0 Å². The van der Waals surface area contributed by atoms with Crippen LogP contribution in [0.2, 0.25) is 0 Å². The highest BCUT2D eigenvalue weighted by molar-refractivity contribution is 7.89. The Morgan fingerprint density at radius 1 is 1.32 bits per heavy atom. The van der Waals surface area contributed by atoms with E-state index in [-0.39, 0.29) is 11.7 Å². The van der Waals surface area contributed by atoms with E-state index < -0.39 is 10.0 Å². The minimum atomic E-state index is -3.19. The number of hydrogen-bond donors (Lipinski definition) is 2. The monoisotopic (exact) mass is 286 g/mol. The van der Waals surface area contributed by atoms with Gasteiger partial charge in [-0.2, -0.15) is 0 Å². The first-order chi connectivity index (χ1) is 8.84. The van der Waals surface area contributed by atoms with Gasteiger partial charge >= 0.3 is 0 Å². The fourth-order valence-corrected chi connectivity index (χ4v) is 2.50. The smallest absolute Gasteiger partial charge is 0.213 e. The van der Waals surface area contributed by atoms with Gasteiger partial charge in [-0.3, -0.25) is 0 Å².